The Morgan fingerprint density at radius 2 is 1.87 bits per heavy atom. The topological polar surface area (TPSA) is 66.8 Å². The van der Waals surface area contributed by atoms with Gasteiger partial charge in [-0.05, 0) is 49.9 Å². The van der Waals surface area contributed by atoms with Gasteiger partial charge in [-0.3, -0.25) is 0 Å². The first-order chi connectivity index (χ1) is 14.2. The first kappa shape index (κ1) is 22.8. The van der Waals surface area contributed by atoms with Gasteiger partial charge in [0, 0.05) is 0 Å². The third-order valence-corrected chi connectivity index (χ3v) is 7.89. The zero-order valence-electron chi connectivity index (χ0n) is 18.3. The van der Waals surface area contributed by atoms with Crippen LogP contribution < -0.4 is 4.74 Å². The molecule has 6 heteroatoms. The normalized spacial score (nSPS) is 23.7. The molecule has 2 atom stereocenters. The van der Waals surface area contributed by atoms with Crippen LogP contribution in [-0.2, 0) is 9.84 Å². The summed E-state index contributed by atoms with van der Waals surface area (Å²) in [5.41, 5.74) is 0.602. The van der Waals surface area contributed by atoms with E-state index < -0.39 is 21.4 Å². The van der Waals surface area contributed by atoms with Crippen molar-refractivity contribution in [3.63, 3.8) is 0 Å². The number of fused-ring (bicyclic) bond motifs is 1. The Morgan fingerprint density at radius 3 is 2.47 bits per heavy atom. The molecule has 5 nitrogen and oxygen atoms in total. The van der Waals surface area contributed by atoms with Crippen LogP contribution in [0, 0.1) is 0 Å². The molecule has 1 aliphatic rings. The van der Waals surface area contributed by atoms with Crippen LogP contribution in [0.4, 0.5) is 0 Å². The Hall–Kier alpha value is -1.89. The van der Waals surface area contributed by atoms with Gasteiger partial charge >= 0.3 is 0 Å². The fourth-order valence-corrected chi connectivity index (χ4v) is 6.53. The van der Waals surface area contributed by atoms with Gasteiger partial charge in [0.15, 0.2) is 9.84 Å². The van der Waals surface area contributed by atoms with Crippen molar-refractivity contribution in [3.8, 4) is 5.75 Å². The molecule has 0 amide bonds. The van der Waals surface area contributed by atoms with Gasteiger partial charge in [-0.15, -0.1) is 0 Å². The Kier molecular flexibility index (Phi) is 6.90. The molecule has 3 rings (SSSR count). The second-order valence-electron chi connectivity index (χ2n) is 8.46. The van der Waals surface area contributed by atoms with Gasteiger partial charge in [-0.2, -0.15) is 5.06 Å². The summed E-state index contributed by atoms with van der Waals surface area (Å²) < 4.78 is 33.0. The van der Waals surface area contributed by atoms with E-state index in [1.807, 2.05) is 51.1 Å². The summed E-state index contributed by atoms with van der Waals surface area (Å²) in [5.74, 6) is 0.412. The maximum absolute atomic E-state index is 13.6. The van der Waals surface area contributed by atoms with E-state index in [0.29, 0.717) is 24.2 Å². The van der Waals surface area contributed by atoms with Crippen LogP contribution in [0.1, 0.15) is 70.5 Å². The standard InChI is InChI=1S/C24H33NO4S/c1-5-7-15-24(6-2)17-30(27,28)22-16-20(29-18(3)4)13-14-21(22)23(25(24)26)19-11-9-8-10-12-19/h8-14,16,18,23,26H,5-7,15,17H2,1-4H3/t23-,24-/m0/s1. The average molecular weight is 432 g/mol. The number of unbranched alkanes of at least 4 members (excludes halogenated alkanes) is 1. The Morgan fingerprint density at radius 1 is 1.17 bits per heavy atom. The lowest BCUT2D eigenvalue weighted by Crippen LogP contribution is -2.51. The van der Waals surface area contributed by atoms with Gasteiger partial charge < -0.3 is 9.94 Å². The van der Waals surface area contributed by atoms with Crippen molar-refractivity contribution in [2.75, 3.05) is 5.75 Å². The van der Waals surface area contributed by atoms with Crippen LogP contribution in [0.15, 0.2) is 53.4 Å². The highest BCUT2D eigenvalue weighted by Gasteiger charge is 2.47. The van der Waals surface area contributed by atoms with Gasteiger partial charge in [-0.1, -0.05) is 63.1 Å². The molecule has 0 unspecified atom stereocenters. The number of benzene rings is 2. The van der Waals surface area contributed by atoms with Crippen molar-refractivity contribution in [2.24, 2.45) is 0 Å². The molecule has 0 saturated heterocycles. The monoisotopic (exact) mass is 431 g/mol. The van der Waals surface area contributed by atoms with E-state index in [2.05, 4.69) is 6.92 Å². The lowest BCUT2D eigenvalue weighted by molar-refractivity contribution is -0.193. The third kappa shape index (κ3) is 4.41. The number of hydrogen-bond acceptors (Lipinski definition) is 5. The summed E-state index contributed by atoms with van der Waals surface area (Å²) in [7, 11) is -3.64. The van der Waals surface area contributed by atoms with E-state index in [4.69, 9.17) is 4.74 Å². The Balaban J connectivity index is 2.25. The molecular weight excluding hydrogens is 398 g/mol. The second kappa shape index (κ2) is 9.08. The molecule has 0 aromatic heterocycles. The van der Waals surface area contributed by atoms with E-state index >= 15 is 0 Å². The predicted molar refractivity (Wildman–Crippen MR) is 119 cm³/mol. The van der Waals surface area contributed by atoms with Gasteiger partial charge in [0.1, 0.15) is 5.75 Å². The molecule has 164 valence electrons. The van der Waals surface area contributed by atoms with Crippen LogP contribution >= 0.6 is 0 Å². The van der Waals surface area contributed by atoms with Gasteiger partial charge in [0.2, 0.25) is 0 Å². The molecule has 0 saturated carbocycles. The zero-order valence-corrected chi connectivity index (χ0v) is 19.2. The van der Waals surface area contributed by atoms with Crippen LogP contribution in [-0.4, -0.2) is 36.1 Å². The summed E-state index contributed by atoms with van der Waals surface area (Å²) >= 11 is 0. The van der Waals surface area contributed by atoms with E-state index in [1.54, 1.807) is 18.2 Å². The number of ether oxygens (including phenoxy) is 1. The number of rotatable bonds is 7. The lowest BCUT2D eigenvalue weighted by Gasteiger charge is -2.42. The van der Waals surface area contributed by atoms with Crippen molar-refractivity contribution in [1.82, 2.24) is 5.06 Å². The average Bonchev–Trinajstić information content (AvgIpc) is 2.78. The number of hydroxylamine groups is 2. The molecule has 2 aromatic rings. The molecule has 0 radical (unpaired) electrons. The van der Waals surface area contributed by atoms with E-state index in [-0.39, 0.29) is 16.8 Å². The maximum Gasteiger partial charge on any atom is 0.180 e. The lowest BCUT2D eigenvalue weighted by atomic mass is 9.87. The SMILES string of the molecule is CCCC[C@@]1(CC)CS(=O)(=O)c2cc(OC(C)C)ccc2[C@H](c2ccccc2)N1O. The quantitative estimate of drug-likeness (QED) is 0.637. The Bertz CT molecular complexity index is 958. The van der Waals surface area contributed by atoms with Crippen LogP contribution in [0.25, 0.3) is 0 Å². The number of sulfone groups is 1. The molecule has 0 bridgehead atoms. The molecule has 0 fully saturated rings. The largest absolute Gasteiger partial charge is 0.491 e. The van der Waals surface area contributed by atoms with E-state index in [0.717, 1.165) is 18.4 Å². The zero-order chi connectivity index (χ0) is 21.9. The number of nitrogens with zero attached hydrogens (tertiary/aromatic N) is 1. The summed E-state index contributed by atoms with van der Waals surface area (Å²) in [6.45, 7) is 7.86. The smallest absolute Gasteiger partial charge is 0.180 e. The minimum Gasteiger partial charge on any atom is -0.491 e. The molecular formula is C24H33NO4S. The van der Waals surface area contributed by atoms with Crippen molar-refractivity contribution in [1.29, 1.82) is 0 Å². The molecule has 1 aliphatic heterocycles. The van der Waals surface area contributed by atoms with Gasteiger partial charge in [-0.25, -0.2) is 8.42 Å². The molecule has 0 aliphatic carbocycles. The first-order valence-corrected chi connectivity index (χ1v) is 12.5. The third-order valence-electron chi connectivity index (χ3n) is 5.94. The molecule has 1 heterocycles. The summed E-state index contributed by atoms with van der Waals surface area (Å²) in [6, 6.07) is 14.3. The van der Waals surface area contributed by atoms with E-state index in [9.17, 15) is 13.6 Å². The molecule has 30 heavy (non-hydrogen) atoms. The first-order valence-electron chi connectivity index (χ1n) is 10.8. The summed E-state index contributed by atoms with van der Waals surface area (Å²) in [4.78, 5) is 0.250. The van der Waals surface area contributed by atoms with E-state index in [1.165, 1.54) is 5.06 Å². The molecule has 2 aromatic carbocycles. The maximum atomic E-state index is 13.6. The van der Waals surface area contributed by atoms with Gasteiger partial charge in [0.25, 0.3) is 0 Å². The summed E-state index contributed by atoms with van der Waals surface area (Å²) in [5, 5.41) is 12.9. The Labute approximate surface area is 180 Å². The van der Waals surface area contributed by atoms with Crippen molar-refractivity contribution in [3.05, 3.63) is 59.7 Å². The highest BCUT2D eigenvalue weighted by molar-refractivity contribution is 7.91. The highest BCUT2D eigenvalue weighted by Crippen LogP contribution is 2.44. The van der Waals surface area contributed by atoms with Gasteiger partial charge in [0.05, 0.1) is 28.3 Å². The fourth-order valence-electron chi connectivity index (χ4n) is 4.35. The minimum atomic E-state index is -3.64. The number of hydrogen-bond donors (Lipinski definition) is 1. The van der Waals surface area contributed by atoms with Crippen molar-refractivity contribution in [2.45, 2.75) is 76.0 Å². The molecule has 0 spiro atoms. The van der Waals surface area contributed by atoms with Crippen LogP contribution in [0.3, 0.4) is 0 Å². The highest BCUT2D eigenvalue weighted by atomic mass is 32.2. The van der Waals surface area contributed by atoms with Crippen molar-refractivity contribution >= 4 is 9.84 Å². The molecule has 1 N–H and O–H groups in total. The second-order valence-corrected chi connectivity index (χ2v) is 10.4. The predicted octanol–water partition coefficient (Wildman–Crippen LogP) is 5.38. The van der Waals surface area contributed by atoms with Crippen LogP contribution in [0.5, 0.6) is 5.75 Å². The van der Waals surface area contributed by atoms with Crippen molar-refractivity contribution < 1.29 is 18.4 Å². The van der Waals surface area contributed by atoms with Crippen LogP contribution in [0.2, 0.25) is 0 Å². The minimum absolute atomic E-state index is 0.0601. The summed E-state index contributed by atoms with van der Waals surface area (Å²) in [6.07, 6.45) is 2.87. The fraction of sp³-hybridized carbons (Fsp3) is 0.500.